The first-order valence-electron chi connectivity index (χ1n) is 10.2. The predicted octanol–water partition coefficient (Wildman–Crippen LogP) is 0.416. The standard InChI is InChI=1S/C18H25N2O12P/c1-10(29-15(25)8-6-13(21)22)30-17(27)18(28)32-33(31-16(26)9-7-14(23)24)19-11-4-2-3-5-12(11)20-33/h10-12,19-20H,2-9H2,1H3,(H-,21,22,23,24)/p+1/t10-,11?,12?,33?/m0/s1. The molecule has 1 heterocycles. The molecule has 4 N–H and O–H groups in total. The van der Waals surface area contributed by atoms with Crippen molar-refractivity contribution in [3.05, 3.63) is 0 Å². The van der Waals surface area contributed by atoms with Crippen molar-refractivity contribution in [1.29, 1.82) is 0 Å². The van der Waals surface area contributed by atoms with Crippen LogP contribution >= 0.6 is 8.02 Å². The summed E-state index contributed by atoms with van der Waals surface area (Å²) in [6, 6.07) is -0.366. The molecule has 1 saturated heterocycles. The van der Waals surface area contributed by atoms with Gasteiger partial charge in [-0.1, -0.05) is 12.8 Å². The summed E-state index contributed by atoms with van der Waals surface area (Å²) in [6.07, 6.45) is -0.221. The molecule has 1 aliphatic heterocycles. The first kappa shape index (κ1) is 26.4. The molecule has 1 saturated carbocycles. The molecule has 3 atom stereocenters. The maximum absolute atomic E-state index is 12.3. The fraction of sp³-hybridized carbons (Fsp3) is 0.667. The highest BCUT2D eigenvalue weighted by Crippen LogP contribution is 2.59. The van der Waals surface area contributed by atoms with Crippen molar-refractivity contribution in [1.82, 2.24) is 10.2 Å². The second kappa shape index (κ2) is 11.9. The summed E-state index contributed by atoms with van der Waals surface area (Å²) >= 11 is 0. The van der Waals surface area contributed by atoms with Gasteiger partial charge >= 0.3 is 43.8 Å². The van der Waals surface area contributed by atoms with Crippen molar-refractivity contribution in [2.75, 3.05) is 0 Å². The number of rotatable bonds is 10. The maximum atomic E-state index is 12.3. The van der Waals surface area contributed by atoms with Crippen LogP contribution in [0.3, 0.4) is 0 Å². The molecule has 1 aliphatic carbocycles. The van der Waals surface area contributed by atoms with Gasteiger partial charge in [0.15, 0.2) is 0 Å². The number of carboxylic acid groups (broad SMARTS) is 2. The number of ether oxygens (including phenoxy) is 2. The van der Waals surface area contributed by atoms with E-state index in [-0.39, 0.29) is 12.1 Å². The number of esters is 2. The van der Waals surface area contributed by atoms with Crippen LogP contribution < -0.4 is 10.2 Å². The Morgan fingerprint density at radius 1 is 0.788 bits per heavy atom. The van der Waals surface area contributed by atoms with Crippen molar-refractivity contribution in [3.8, 4) is 0 Å². The third-order valence-corrected chi connectivity index (χ3v) is 6.93. The average Bonchev–Trinajstić information content (AvgIpc) is 3.07. The summed E-state index contributed by atoms with van der Waals surface area (Å²) in [5.74, 6) is -7.39. The molecule has 33 heavy (non-hydrogen) atoms. The van der Waals surface area contributed by atoms with E-state index in [0.717, 1.165) is 19.8 Å². The zero-order chi connectivity index (χ0) is 24.6. The van der Waals surface area contributed by atoms with Crippen molar-refractivity contribution in [2.45, 2.75) is 76.7 Å². The monoisotopic (exact) mass is 493 g/mol. The van der Waals surface area contributed by atoms with Crippen molar-refractivity contribution in [3.63, 3.8) is 0 Å². The van der Waals surface area contributed by atoms with Gasteiger partial charge in [-0.2, -0.15) is 0 Å². The molecule has 15 heteroatoms. The lowest BCUT2D eigenvalue weighted by Gasteiger charge is -2.19. The van der Waals surface area contributed by atoms with Crippen LogP contribution in [0.15, 0.2) is 0 Å². The number of carbonyl (C=O) groups excluding carboxylic acids is 4. The summed E-state index contributed by atoms with van der Waals surface area (Å²) in [7, 11) is -3.64. The molecule has 2 unspecified atom stereocenters. The minimum absolute atomic E-state index is 0.183. The zero-order valence-electron chi connectivity index (χ0n) is 17.8. The lowest BCUT2D eigenvalue weighted by atomic mass is 9.92. The first-order chi connectivity index (χ1) is 15.5. The van der Waals surface area contributed by atoms with E-state index < -0.39 is 75.8 Å². The van der Waals surface area contributed by atoms with E-state index in [9.17, 15) is 28.8 Å². The van der Waals surface area contributed by atoms with Crippen molar-refractivity contribution in [2.24, 2.45) is 0 Å². The average molecular weight is 493 g/mol. The molecule has 0 aromatic carbocycles. The van der Waals surface area contributed by atoms with Crippen molar-refractivity contribution < 1.29 is 57.5 Å². The number of hydrogen-bond donors (Lipinski definition) is 4. The lowest BCUT2D eigenvalue weighted by molar-refractivity contribution is -0.190. The highest BCUT2D eigenvalue weighted by Gasteiger charge is 2.62. The lowest BCUT2D eigenvalue weighted by Crippen LogP contribution is -2.36. The van der Waals surface area contributed by atoms with Crippen LogP contribution in [0.25, 0.3) is 0 Å². The van der Waals surface area contributed by atoms with Gasteiger partial charge in [0.25, 0.3) is 0 Å². The summed E-state index contributed by atoms with van der Waals surface area (Å²) < 4.78 is 19.8. The topological polar surface area (TPSA) is 204 Å². The normalized spacial score (nSPS) is 24.6. The van der Waals surface area contributed by atoms with E-state index in [1.807, 2.05) is 0 Å². The Hall–Kier alpha value is -2.83. The third kappa shape index (κ3) is 8.56. The molecule has 184 valence electrons. The summed E-state index contributed by atoms with van der Waals surface area (Å²) in [6.45, 7) is 1.14. The molecule has 0 spiro atoms. The summed E-state index contributed by atoms with van der Waals surface area (Å²) in [5, 5.41) is 23.2. The van der Waals surface area contributed by atoms with Gasteiger partial charge in [0.05, 0.1) is 37.8 Å². The van der Waals surface area contributed by atoms with Crippen molar-refractivity contribution >= 4 is 43.8 Å². The Bertz CT molecular complexity index is 789. The zero-order valence-corrected chi connectivity index (χ0v) is 18.7. The first-order valence-corrected chi connectivity index (χ1v) is 11.9. The molecular formula is C18H26N2O12P+. The van der Waals surface area contributed by atoms with E-state index in [0.29, 0.717) is 12.8 Å². The second-order valence-electron chi connectivity index (χ2n) is 7.40. The molecule has 2 aliphatic rings. The van der Waals surface area contributed by atoms with E-state index in [4.69, 9.17) is 24.0 Å². The van der Waals surface area contributed by atoms with Crippen LogP contribution in [0.2, 0.25) is 0 Å². The van der Waals surface area contributed by atoms with Gasteiger partial charge in [0, 0.05) is 6.92 Å². The number of aliphatic carboxylic acids is 2. The highest BCUT2D eigenvalue weighted by atomic mass is 31.2. The molecule has 0 aromatic rings. The molecule has 0 radical (unpaired) electrons. The highest BCUT2D eigenvalue weighted by molar-refractivity contribution is 7.63. The molecular weight excluding hydrogens is 467 g/mol. The van der Waals surface area contributed by atoms with Gasteiger partial charge in [0.1, 0.15) is 0 Å². The Kier molecular flexibility index (Phi) is 9.50. The van der Waals surface area contributed by atoms with Gasteiger partial charge in [-0.3, -0.25) is 14.4 Å². The van der Waals surface area contributed by atoms with Crippen LogP contribution in [-0.2, 0) is 47.3 Å². The number of nitrogens with one attached hydrogen (secondary N) is 2. The summed E-state index contributed by atoms with van der Waals surface area (Å²) in [4.78, 5) is 69.3. The van der Waals surface area contributed by atoms with Gasteiger partial charge in [0.2, 0.25) is 6.29 Å². The van der Waals surface area contributed by atoms with E-state index >= 15 is 0 Å². The van der Waals surface area contributed by atoms with E-state index in [2.05, 4.69) is 14.9 Å². The number of fused-ring (bicyclic) bond motifs is 1. The van der Waals surface area contributed by atoms with Gasteiger partial charge in [-0.25, -0.2) is 23.4 Å². The van der Waals surface area contributed by atoms with E-state index in [1.54, 1.807) is 0 Å². The van der Waals surface area contributed by atoms with Gasteiger partial charge in [-0.15, -0.1) is 10.2 Å². The predicted molar refractivity (Wildman–Crippen MR) is 107 cm³/mol. The quantitative estimate of drug-likeness (QED) is 0.141. The fourth-order valence-corrected chi connectivity index (χ4v) is 5.77. The minimum atomic E-state index is -3.64. The number of carboxylic acids is 2. The Morgan fingerprint density at radius 2 is 1.30 bits per heavy atom. The number of hydrogen-bond acceptors (Lipinski definition) is 12. The van der Waals surface area contributed by atoms with Crippen LogP contribution in [0.4, 0.5) is 0 Å². The minimum Gasteiger partial charge on any atom is -0.481 e. The smallest absolute Gasteiger partial charge is 0.481 e. The third-order valence-electron chi connectivity index (χ3n) is 4.70. The fourth-order valence-electron chi connectivity index (χ4n) is 3.27. The van der Waals surface area contributed by atoms with Crippen LogP contribution in [0.1, 0.15) is 58.3 Å². The SMILES string of the molecule is C[C@@H](OC(=O)CCC(=O)O)OC(=O)C(=O)O[P+]1(OC(=O)CCC(=O)O)NC2CCCCC2N1. The number of carbonyl (C=O) groups is 6. The van der Waals surface area contributed by atoms with Crippen LogP contribution in [-0.4, -0.2) is 64.4 Å². The second-order valence-corrected chi connectivity index (χ2v) is 9.38. The molecule has 2 fully saturated rings. The summed E-state index contributed by atoms with van der Waals surface area (Å²) in [5.41, 5.74) is 0. The molecule has 0 amide bonds. The van der Waals surface area contributed by atoms with Gasteiger partial charge in [-0.05, 0) is 12.8 Å². The van der Waals surface area contributed by atoms with Crippen LogP contribution in [0, 0.1) is 0 Å². The van der Waals surface area contributed by atoms with Crippen LogP contribution in [0.5, 0.6) is 0 Å². The molecule has 14 nitrogen and oxygen atoms in total. The Morgan fingerprint density at radius 3 is 1.82 bits per heavy atom. The molecule has 0 bridgehead atoms. The van der Waals surface area contributed by atoms with Gasteiger partial charge < -0.3 is 19.7 Å². The van der Waals surface area contributed by atoms with E-state index in [1.165, 1.54) is 0 Å². The maximum Gasteiger partial charge on any atom is 0.527 e. The largest absolute Gasteiger partial charge is 0.527 e. The molecule has 0 aromatic heterocycles. The molecule has 2 rings (SSSR count). The Labute approximate surface area is 188 Å². The Balaban J connectivity index is 1.98.